The lowest BCUT2D eigenvalue weighted by molar-refractivity contribution is -0.156. The van der Waals surface area contributed by atoms with Crippen molar-refractivity contribution in [2.24, 2.45) is 0 Å². The molecule has 0 saturated carbocycles. The molecule has 0 spiro atoms. The Kier molecular flexibility index (Phi) is 26.7. The number of nitrogens with zero attached hydrogens (tertiary/aromatic N) is 6. The molecule has 23 nitrogen and oxygen atoms in total. The number of nitrogens with one attached hydrogen (secondary N) is 5. The molecule has 4 heterocycles. The number of hydrogen-bond acceptors (Lipinski definition) is 16. The second-order valence-corrected chi connectivity index (χ2v) is 23.1. The molecule has 0 fully saturated rings. The number of aryl methyl sites for hydroxylation is 2. The Morgan fingerprint density at radius 2 is 0.988 bits per heavy atom. The molecular weight excluding hydrogens is 1180 g/mol. The van der Waals surface area contributed by atoms with Crippen molar-refractivity contribution >= 4 is 121 Å². The number of para-hydroxylation sites is 2. The fraction of sp³-hybridized carbons (Fsp3) is 0.542. The first-order valence-electron chi connectivity index (χ1n) is 27.8. The van der Waals surface area contributed by atoms with Crippen LogP contribution in [0.5, 0.6) is 0 Å². The van der Waals surface area contributed by atoms with E-state index in [2.05, 4.69) is 41.1 Å². The topological polar surface area (TPSA) is 326 Å². The number of pyridine rings is 2. The number of carbonyl (C=O) groups excluding carboxylic acids is 7. The minimum Gasteiger partial charge on any atom is -0.460 e. The fourth-order valence-corrected chi connectivity index (χ4v) is 8.44. The molecule has 5 amide bonds. The van der Waals surface area contributed by atoms with Gasteiger partial charge in [-0.15, -0.1) is 24.0 Å². The number of anilines is 2. The number of ether oxygens (including phenoxy) is 2. The van der Waals surface area contributed by atoms with E-state index < -0.39 is 40.2 Å². The molecule has 0 bridgehead atoms. The first kappa shape index (κ1) is 70.2. The van der Waals surface area contributed by atoms with E-state index in [1.54, 1.807) is 69.2 Å². The average molecular weight is 1270 g/mol. The van der Waals surface area contributed by atoms with Crippen molar-refractivity contribution in [3.8, 4) is 0 Å². The molecule has 83 heavy (non-hydrogen) atoms. The monoisotopic (exact) mass is 1270 g/mol. The Balaban J connectivity index is 0.000000381. The summed E-state index contributed by atoms with van der Waals surface area (Å²) in [6.07, 6.45) is 3.65. The first-order valence-corrected chi connectivity index (χ1v) is 27.8. The number of amides is 5. The number of aromatic nitrogens is 6. The van der Waals surface area contributed by atoms with Crippen LogP contribution in [0.4, 0.5) is 11.6 Å². The molecule has 0 aliphatic carbocycles. The number of benzene rings is 2. The van der Waals surface area contributed by atoms with Gasteiger partial charge in [0.05, 0.1) is 72.3 Å². The number of unbranched alkanes of at least 4 members (excludes halogenated alkanes) is 2. The number of imidazole rings is 2. The van der Waals surface area contributed by atoms with Gasteiger partial charge in [0.15, 0.2) is 11.6 Å². The highest BCUT2D eigenvalue weighted by atomic mass is 127. The molecule has 4 aromatic heterocycles. The second kappa shape index (κ2) is 31.6. The van der Waals surface area contributed by atoms with Gasteiger partial charge in [-0.05, 0) is 94.2 Å². The minimum atomic E-state index is -0.956. The summed E-state index contributed by atoms with van der Waals surface area (Å²) in [4.78, 5) is 100. The van der Waals surface area contributed by atoms with Gasteiger partial charge in [-0.2, -0.15) is 0 Å². The molecule has 0 saturated heterocycles. The number of halogens is 1. The summed E-state index contributed by atoms with van der Waals surface area (Å²) in [5.41, 5.74) is 7.82. The molecule has 9 N–H and O–H groups in total. The van der Waals surface area contributed by atoms with Gasteiger partial charge in [-0.25, -0.2) is 19.9 Å². The lowest BCUT2D eigenvalue weighted by Crippen LogP contribution is -2.37. The van der Waals surface area contributed by atoms with Gasteiger partial charge < -0.3 is 61.1 Å². The number of nitrogen functional groups attached to an aromatic ring is 1. The van der Waals surface area contributed by atoms with Crippen molar-refractivity contribution in [2.75, 3.05) is 37.7 Å². The third kappa shape index (κ3) is 23.6. The van der Waals surface area contributed by atoms with Crippen LogP contribution < -0.4 is 32.3 Å². The van der Waals surface area contributed by atoms with E-state index in [1.807, 2.05) is 66.9 Å². The molecule has 0 radical (unpaired) electrons. The fourth-order valence-electron chi connectivity index (χ4n) is 8.44. The molecule has 0 atom stereocenters. The third-order valence-electron chi connectivity index (χ3n) is 11.9. The number of fused-ring (bicyclic) bond motifs is 6. The summed E-state index contributed by atoms with van der Waals surface area (Å²) in [7, 11) is 1.48. The van der Waals surface area contributed by atoms with Crippen molar-refractivity contribution in [3.63, 3.8) is 0 Å². The highest BCUT2D eigenvalue weighted by molar-refractivity contribution is 14.0. The summed E-state index contributed by atoms with van der Waals surface area (Å²) in [5.74, 6) is 0.137. The van der Waals surface area contributed by atoms with Crippen molar-refractivity contribution in [3.05, 3.63) is 60.2 Å². The zero-order valence-electron chi connectivity index (χ0n) is 50.5. The molecular formula is C59H87IN12O11. The van der Waals surface area contributed by atoms with Crippen LogP contribution in [0, 0.1) is 0 Å². The Labute approximate surface area is 502 Å². The zero-order valence-corrected chi connectivity index (χ0v) is 52.8. The number of carbonyl (C=O) groups is 7. The van der Waals surface area contributed by atoms with Gasteiger partial charge in [-0.3, -0.25) is 33.6 Å². The van der Waals surface area contributed by atoms with Crippen LogP contribution in [0.15, 0.2) is 48.5 Å². The normalized spacial score (nSPS) is 11.6. The van der Waals surface area contributed by atoms with Crippen molar-refractivity contribution < 1.29 is 53.2 Å². The van der Waals surface area contributed by atoms with Gasteiger partial charge in [0.2, 0.25) is 29.5 Å². The highest BCUT2D eigenvalue weighted by Crippen LogP contribution is 2.33. The number of esters is 2. The summed E-state index contributed by atoms with van der Waals surface area (Å²) < 4.78 is 14.3. The predicted molar refractivity (Wildman–Crippen MR) is 332 cm³/mol. The van der Waals surface area contributed by atoms with Crippen LogP contribution in [0.3, 0.4) is 0 Å². The van der Waals surface area contributed by atoms with Gasteiger partial charge >= 0.3 is 11.9 Å². The third-order valence-corrected chi connectivity index (χ3v) is 11.9. The first-order chi connectivity index (χ1) is 38.3. The van der Waals surface area contributed by atoms with Gasteiger partial charge in [0, 0.05) is 56.5 Å². The predicted octanol–water partition coefficient (Wildman–Crippen LogP) is 6.86. The second-order valence-electron chi connectivity index (χ2n) is 23.1. The molecule has 0 aliphatic heterocycles. The van der Waals surface area contributed by atoms with E-state index in [1.165, 1.54) is 7.05 Å². The molecule has 0 unspecified atom stereocenters. The van der Waals surface area contributed by atoms with Crippen LogP contribution in [0.2, 0.25) is 0 Å². The maximum Gasteiger partial charge on any atom is 0.306 e. The summed E-state index contributed by atoms with van der Waals surface area (Å²) >= 11 is 0. The Morgan fingerprint density at radius 1 is 0.542 bits per heavy atom. The Bertz CT molecular complexity index is 3200. The maximum atomic E-state index is 12.9. The highest BCUT2D eigenvalue weighted by Gasteiger charge is 2.25. The van der Waals surface area contributed by atoms with E-state index in [9.17, 15) is 43.8 Å². The van der Waals surface area contributed by atoms with Crippen molar-refractivity contribution in [1.29, 1.82) is 0 Å². The summed E-state index contributed by atoms with van der Waals surface area (Å²) in [6, 6.07) is 15.6. The molecule has 6 rings (SSSR count). The zero-order chi connectivity index (χ0) is 61.2. The summed E-state index contributed by atoms with van der Waals surface area (Å²) in [5, 5.41) is 35.6. The Hall–Kier alpha value is -7.06. The van der Waals surface area contributed by atoms with Crippen LogP contribution in [0.25, 0.3) is 43.9 Å². The van der Waals surface area contributed by atoms with E-state index in [-0.39, 0.29) is 92.8 Å². The Morgan fingerprint density at radius 3 is 1.45 bits per heavy atom. The van der Waals surface area contributed by atoms with Crippen LogP contribution in [0.1, 0.15) is 146 Å². The van der Waals surface area contributed by atoms with Gasteiger partial charge in [0.25, 0.3) is 0 Å². The van der Waals surface area contributed by atoms with Gasteiger partial charge in [0.1, 0.15) is 33.9 Å². The standard InChI is InChI=1S/C32H46N6O6.C16H20N4O.C11H20N2O4.HI/c1-7-23-36-28-29(38(23)20-32(5,6)43)21-13-10-11-14-22(21)35-30(28)37-25(40)15-9-8-12-18-33-26(41)19-34-24(39)16-17-27(42)44-31(2,3)4;1-4-12-19-13-14(20(12)9-16(2,3)21)10-7-5-6-8-11(10)18-15(13)17;1-11(2,3)17-10(16)6-5-8(14)13-7-9(15)12-4;/h10-11,13-14,43H,7-9,12,15-20H2,1-6H3,(H,33,41)(H,34,39)(H,35,37,40);5-8,21H,4,9H2,1-3H3,(H2,17,18);5-7H2,1-4H3,(H,12,15)(H,13,14);1H. The molecule has 456 valence electrons. The lowest BCUT2D eigenvalue weighted by Gasteiger charge is -2.20. The molecule has 0 aliphatic rings. The number of hydrogen-bond donors (Lipinski definition) is 8. The van der Waals surface area contributed by atoms with Crippen LogP contribution in [-0.4, -0.2) is 130 Å². The van der Waals surface area contributed by atoms with E-state index in [0.29, 0.717) is 56.0 Å². The maximum absolute atomic E-state index is 12.9. The SMILES string of the molecule is CCc1nc2c(N)nc3ccccc3c2n1CC(C)(C)O.CCc1nc2c(NC(=O)CCCCCNC(=O)CNC(=O)CCC(=O)OC(C)(C)C)nc3ccccc3c2n1CC(C)(C)O.CNC(=O)CNC(=O)CCC(=O)OC(C)(C)C.I. The van der Waals surface area contributed by atoms with E-state index in [4.69, 9.17) is 25.2 Å². The van der Waals surface area contributed by atoms with E-state index >= 15 is 0 Å². The summed E-state index contributed by atoms with van der Waals surface area (Å²) in [6.45, 7) is 22.7. The smallest absolute Gasteiger partial charge is 0.306 e. The molecule has 2 aromatic carbocycles. The minimum absolute atomic E-state index is 0. The van der Waals surface area contributed by atoms with Crippen molar-refractivity contribution in [1.82, 2.24) is 50.3 Å². The van der Waals surface area contributed by atoms with Crippen LogP contribution in [-0.2, 0) is 69.0 Å². The quantitative estimate of drug-likeness (QED) is 0.0184. The number of rotatable bonds is 23. The number of nitrogens with two attached hydrogens (primary N) is 1. The number of likely N-dealkylation sites (N-methyl/N-ethyl adjacent to an activating group) is 1. The van der Waals surface area contributed by atoms with Crippen molar-refractivity contribution in [2.45, 2.75) is 183 Å². The average Bonchev–Trinajstić information content (AvgIpc) is 3.34. The van der Waals surface area contributed by atoms with Gasteiger partial charge in [-0.1, -0.05) is 56.7 Å². The molecule has 24 heteroatoms. The molecule has 6 aromatic rings. The van der Waals surface area contributed by atoms with Crippen LogP contribution >= 0.6 is 24.0 Å². The number of aliphatic hydroxyl groups is 2. The van der Waals surface area contributed by atoms with E-state index in [0.717, 1.165) is 62.8 Å². The largest absolute Gasteiger partial charge is 0.460 e. The lowest BCUT2D eigenvalue weighted by atomic mass is 10.1.